The number of hydrogen-bond donors (Lipinski definition) is 0. The highest BCUT2D eigenvalue weighted by atomic mass is 79.9. The average Bonchev–Trinajstić information content (AvgIpc) is 2.32. The SMILES string of the molecule is CCCC(Br)Oc1ccc(CC(=O)OC)cc1. The molecule has 0 aliphatic carbocycles. The molecule has 4 heteroatoms. The van der Waals surface area contributed by atoms with Gasteiger partial charge in [-0.15, -0.1) is 0 Å². The third-order valence-electron chi connectivity index (χ3n) is 2.28. The monoisotopic (exact) mass is 300 g/mol. The third kappa shape index (κ3) is 5.22. The normalized spacial score (nSPS) is 11.9. The Balaban J connectivity index is 2.52. The number of rotatable bonds is 6. The Bertz CT molecular complexity index is 348. The number of hydrogen-bond acceptors (Lipinski definition) is 3. The Labute approximate surface area is 110 Å². The lowest BCUT2D eigenvalue weighted by molar-refractivity contribution is -0.139. The van der Waals surface area contributed by atoms with Crippen LogP contribution in [0.4, 0.5) is 0 Å². The van der Waals surface area contributed by atoms with Crippen molar-refractivity contribution in [2.75, 3.05) is 7.11 Å². The molecule has 0 bridgehead atoms. The van der Waals surface area contributed by atoms with Crippen molar-refractivity contribution in [1.29, 1.82) is 0 Å². The molecule has 0 saturated heterocycles. The van der Waals surface area contributed by atoms with Gasteiger partial charge >= 0.3 is 5.97 Å². The molecule has 0 saturated carbocycles. The molecule has 3 nitrogen and oxygen atoms in total. The number of carbonyl (C=O) groups is 1. The second kappa shape index (κ2) is 7.33. The largest absolute Gasteiger partial charge is 0.479 e. The molecule has 0 aliphatic heterocycles. The molecule has 0 aliphatic rings. The first-order valence-electron chi connectivity index (χ1n) is 5.62. The summed E-state index contributed by atoms with van der Waals surface area (Å²) in [5, 5.41) is 0.0407. The van der Waals surface area contributed by atoms with Gasteiger partial charge in [0.2, 0.25) is 0 Å². The molecule has 17 heavy (non-hydrogen) atoms. The van der Waals surface area contributed by atoms with E-state index in [-0.39, 0.29) is 11.0 Å². The van der Waals surface area contributed by atoms with Gasteiger partial charge in [-0.25, -0.2) is 0 Å². The topological polar surface area (TPSA) is 35.5 Å². The molecule has 0 aromatic heterocycles. The van der Waals surface area contributed by atoms with Crippen LogP contribution in [0.1, 0.15) is 25.3 Å². The van der Waals surface area contributed by atoms with E-state index in [1.807, 2.05) is 24.3 Å². The lowest BCUT2D eigenvalue weighted by Crippen LogP contribution is -2.07. The zero-order valence-corrected chi connectivity index (χ0v) is 11.7. The van der Waals surface area contributed by atoms with Crippen LogP contribution in [0.15, 0.2) is 24.3 Å². The van der Waals surface area contributed by atoms with Gasteiger partial charge < -0.3 is 9.47 Å². The second-order valence-corrected chi connectivity index (χ2v) is 4.73. The summed E-state index contributed by atoms with van der Waals surface area (Å²) in [6.45, 7) is 2.11. The lowest BCUT2D eigenvalue weighted by Gasteiger charge is -2.12. The number of methoxy groups -OCH3 is 1. The molecule has 0 heterocycles. The van der Waals surface area contributed by atoms with Crippen molar-refractivity contribution < 1.29 is 14.3 Å². The minimum atomic E-state index is -0.233. The van der Waals surface area contributed by atoms with Gasteiger partial charge in [0.25, 0.3) is 0 Å². The van der Waals surface area contributed by atoms with Crippen molar-refractivity contribution in [3.05, 3.63) is 29.8 Å². The molecule has 0 spiro atoms. The van der Waals surface area contributed by atoms with Crippen LogP contribution in [-0.4, -0.2) is 18.1 Å². The number of benzene rings is 1. The summed E-state index contributed by atoms with van der Waals surface area (Å²) in [5.41, 5.74) is 0.922. The number of alkyl halides is 1. The quantitative estimate of drug-likeness (QED) is 0.597. The van der Waals surface area contributed by atoms with Crippen molar-refractivity contribution in [1.82, 2.24) is 0 Å². The molecule has 0 N–H and O–H groups in total. The summed E-state index contributed by atoms with van der Waals surface area (Å²) in [4.78, 5) is 11.1. The Morgan fingerprint density at radius 2 is 2.00 bits per heavy atom. The Kier molecular flexibility index (Phi) is 6.05. The van der Waals surface area contributed by atoms with E-state index in [1.165, 1.54) is 7.11 Å². The first kappa shape index (κ1) is 14.0. The number of halogens is 1. The zero-order chi connectivity index (χ0) is 12.7. The molecule has 1 atom stereocenters. The van der Waals surface area contributed by atoms with Gasteiger partial charge in [-0.1, -0.05) is 25.5 Å². The highest BCUT2D eigenvalue weighted by Crippen LogP contribution is 2.18. The van der Waals surface area contributed by atoms with Crippen LogP contribution in [0.5, 0.6) is 5.75 Å². The maximum atomic E-state index is 11.1. The molecule has 1 rings (SSSR count). The van der Waals surface area contributed by atoms with E-state index < -0.39 is 0 Å². The summed E-state index contributed by atoms with van der Waals surface area (Å²) in [7, 11) is 1.39. The fraction of sp³-hybridized carbons (Fsp3) is 0.462. The van der Waals surface area contributed by atoms with Crippen molar-refractivity contribution in [2.24, 2.45) is 0 Å². The van der Waals surface area contributed by atoms with Gasteiger partial charge in [0.1, 0.15) is 5.75 Å². The fourth-order valence-electron chi connectivity index (χ4n) is 1.36. The molecule has 1 aromatic rings. The van der Waals surface area contributed by atoms with Gasteiger partial charge in [0.15, 0.2) is 5.01 Å². The standard InChI is InChI=1S/C13H17BrO3/c1-3-4-12(14)17-11-7-5-10(6-8-11)9-13(15)16-2/h5-8,12H,3-4,9H2,1-2H3. The van der Waals surface area contributed by atoms with Crippen LogP contribution in [0, 0.1) is 0 Å². The second-order valence-electron chi connectivity index (χ2n) is 3.71. The summed E-state index contributed by atoms with van der Waals surface area (Å²) < 4.78 is 10.2. The van der Waals surface area contributed by atoms with Crippen LogP contribution in [0.2, 0.25) is 0 Å². The van der Waals surface area contributed by atoms with E-state index in [4.69, 9.17) is 4.74 Å². The Morgan fingerprint density at radius 1 is 1.35 bits per heavy atom. The Hall–Kier alpha value is -1.03. The summed E-state index contributed by atoms with van der Waals surface area (Å²) in [6, 6.07) is 7.47. The molecule has 1 aromatic carbocycles. The summed E-state index contributed by atoms with van der Waals surface area (Å²) in [6.07, 6.45) is 2.32. The van der Waals surface area contributed by atoms with Crippen LogP contribution < -0.4 is 4.74 Å². The third-order valence-corrected chi connectivity index (χ3v) is 2.92. The van der Waals surface area contributed by atoms with E-state index in [9.17, 15) is 4.79 Å². The minimum absolute atomic E-state index is 0.0407. The maximum Gasteiger partial charge on any atom is 0.309 e. The van der Waals surface area contributed by atoms with Crippen LogP contribution in [0.25, 0.3) is 0 Å². The molecular formula is C13H17BrO3. The van der Waals surface area contributed by atoms with E-state index >= 15 is 0 Å². The number of carbonyl (C=O) groups excluding carboxylic acids is 1. The first-order valence-corrected chi connectivity index (χ1v) is 6.53. The Morgan fingerprint density at radius 3 is 2.53 bits per heavy atom. The van der Waals surface area contributed by atoms with Crippen molar-refractivity contribution in [3.63, 3.8) is 0 Å². The average molecular weight is 301 g/mol. The smallest absolute Gasteiger partial charge is 0.309 e. The van der Waals surface area contributed by atoms with E-state index in [2.05, 4.69) is 27.6 Å². The van der Waals surface area contributed by atoms with Gasteiger partial charge in [-0.3, -0.25) is 4.79 Å². The van der Waals surface area contributed by atoms with Gasteiger partial charge in [0, 0.05) is 0 Å². The molecule has 0 radical (unpaired) electrons. The van der Waals surface area contributed by atoms with E-state index in [1.54, 1.807) is 0 Å². The van der Waals surface area contributed by atoms with Gasteiger partial charge in [-0.2, -0.15) is 0 Å². The molecule has 0 amide bonds. The predicted octanol–water partition coefficient (Wildman–Crippen LogP) is 3.30. The highest BCUT2D eigenvalue weighted by Gasteiger charge is 2.06. The molecule has 1 unspecified atom stereocenters. The minimum Gasteiger partial charge on any atom is -0.479 e. The molecular weight excluding hydrogens is 284 g/mol. The lowest BCUT2D eigenvalue weighted by atomic mass is 10.1. The maximum absolute atomic E-state index is 11.1. The summed E-state index contributed by atoms with van der Waals surface area (Å²) in [5.74, 6) is 0.567. The van der Waals surface area contributed by atoms with E-state index in [0.717, 1.165) is 24.2 Å². The van der Waals surface area contributed by atoms with Crippen molar-refractivity contribution in [2.45, 2.75) is 31.2 Å². The van der Waals surface area contributed by atoms with Crippen LogP contribution >= 0.6 is 15.9 Å². The van der Waals surface area contributed by atoms with Gasteiger partial charge in [0.05, 0.1) is 13.5 Å². The highest BCUT2D eigenvalue weighted by molar-refractivity contribution is 9.09. The fourth-order valence-corrected chi connectivity index (χ4v) is 2.03. The number of esters is 1. The first-order chi connectivity index (χ1) is 8.15. The van der Waals surface area contributed by atoms with Crippen LogP contribution in [0.3, 0.4) is 0 Å². The van der Waals surface area contributed by atoms with Crippen molar-refractivity contribution >= 4 is 21.9 Å². The molecule has 94 valence electrons. The molecule has 0 fully saturated rings. The van der Waals surface area contributed by atoms with Crippen molar-refractivity contribution in [3.8, 4) is 5.75 Å². The van der Waals surface area contributed by atoms with E-state index in [0.29, 0.717) is 6.42 Å². The number of ether oxygens (including phenoxy) is 2. The van der Waals surface area contributed by atoms with Crippen LogP contribution in [-0.2, 0) is 16.0 Å². The summed E-state index contributed by atoms with van der Waals surface area (Å²) >= 11 is 3.45. The van der Waals surface area contributed by atoms with Gasteiger partial charge in [-0.05, 0) is 40.0 Å². The predicted molar refractivity (Wildman–Crippen MR) is 70.4 cm³/mol. The zero-order valence-electron chi connectivity index (χ0n) is 10.1.